The van der Waals surface area contributed by atoms with E-state index in [-0.39, 0.29) is 5.91 Å². The molecule has 0 bridgehead atoms. The molecule has 0 saturated heterocycles. The number of carbonyl (C=O) groups is 1. The van der Waals surface area contributed by atoms with E-state index >= 15 is 0 Å². The Morgan fingerprint density at radius 3 is 2.75 bits per heavy atom. The first kappa shape index (κ1) is 14.9. The van der Waals surface area contributed by atoms with Crippen LogP contribution in [-0.2, 0) is 4.79 Å². The molecule has 0 heterocycles. The molecule has 4 heteroatoms. The van der Waals surface area contributed by atoms with E-state index in [4.69, 9.17) is 0 Å². The van der Waals surface area contributed by atoms with Crippen molar-refractivity contribution in [1.29, 1.82) is 0 Å². The third-order valence-electron chi connectivity index (χ3n) is 3.61. The Balaban J connectivity index is 1.49. The second-order valence-corrected chi connectivity index (χ2v) is 5.53. The highest BCUT2D eigenvalue weighted by Gasteiger charge is 2.21. The zero-order valence-electron chi connectivity index (χ0n) is 12.3. The minimum atomic E-state index is 0.119. The van der Waals surface area contributed by atoms with Crippen LogP contribution in [0.25, 0.3) is 0 Å². The Labute approximate surface area is 121 Å². The number of para-hydroxylation sites is 1. The van der Waals surface area contributed by atoms with E-state index in [9.17, 15) is 4.79 Å². The lowest BCUT2D eigenvalue weighted by Gasteiger charge is -2.19. The average Bonchev–Trinajstić information content (AvgIpc) is 3.29. The number of nitrogens with one attached hydrogen (secondary N) is 2. The van der Waals surface area contributed by atoms with Crippen molar-refractivity contribution < 1.29 is 4.79 Å². The second-order valence-electron chi connectivity index (χ2n) is 5.53. The van der Waals surface area contributed by atoms with Gasteiger partial charge in [-0.25, -0.2) is 0 Å². The van der Waals surface area contributed by atoms with Gasteiger partial charge in [-0.2, -0.15) is 0 Å². The summed E-state index contributed by atoms with van der Waals surface area (Å²) >= 11 is 0. The second kappa shape index (κ2) is 7.90. The van der Waals surface area contributed by atoms with Crippen LogP contribution in [0.4, 0.5) is 5.69 Å². The molecule has 110 valence electrons. The van der Waals surface area contributed by atoms with Crippen LogP contribution in [0.5, 0.6) is 0 Å². The van der Waals surface area contributed by atoms with E-state index in [1.807, 2.05) is 18.2 Å². The van der Waals surface area contributed by atoms with Crippen molar-refractivity contribution in [3.8, 4) is 0 Å². The molecule has 1 saturated carbocycles. The molecule has 1 aromatic carbocycles. The lowest BCUT2D eigenvalue weighted by atomic mass is 10.3. The van der Waals surface area contributed by atoms with Crippen LogP contribution in [0.3, 0.4) is 0 Å². The van der Waals surface area contributed by atoms with Crippen LogP contribution < -0.4 is 15.5 Å². The highest BCUT2D eigenvalue weighted by Crippen LogP contribution is 2.27. The number of anilines is 1. The summed E-state index contributed by atoms with van der Waals surface area (Å²) in [5.74, 6) is 0.867. The first-order valence-electron chi connectivity index (χ1n) is 7.49. The third-order valence-corrected chi connectivity index (χ3v) is 3.61. The van der Waals surface area contributed by atoms with Crippen LogP contribution in [0, 0.1) is 5.92 Å². The molecule has 0 aromatic heterocycles. The number of nitrogens with zero attached hydrogens (tertiary/aromatic N) is 1. The van der Waals surface area contributed by atoms with E-state index in [0.29, 0.717) is 6.54 Å². The summed E-state index contributed by atoms with van der Waals surface area (Å²) in [5.41, 5.74) is 1.23. The van der Waals surface area contributed by atoms with Gasteiger partial charge in [-0.1, -0.05) is 18.2 Å². The number of carbonyl (C=O) groups excluding carboxylic acids is 1. The van der Waals surface area contributed by atoms with E-state index in [1.165, 1.54) is 18.5 Å². The normalized spacial score (nSPS) is 14.1. The fourth-order valence-electron chi connectivity index (χ4n) is 2.10. The van der Waals surface area contributed by atoms with Gasteiger partial charge >= 0.3 is 0 Å². The molecule has 1 aromatic rings. The molecule has 1 amide bonds. The summed E-state index contributed by atoms with van der Waals surface area (Å²) in [6, 6.07) is 10.3. The van der Waals surface area contributed by atoms with Gasteiger partial charge in [0, 0.05) is 25.8 Å². The number of rotatable bonds is 9. The van der Waals surface area contributed by atoms with Gasteiger partial charge in [0.15, 0.2) is 0 Å². The molecule has 2 rings (SSSR count). The molecule has 0 atom stereocenters. The Bertz CT molecular complexity index is 403. The lowest BCUT2D eigenvalue weighted by Crippen LogP contribution is -2.36. The number of hydrogen-bond donors (Lipinski definition) is 2. The largest absolute Gasteiger partial charge is 0.375 e. The zero-order chi connectivity index (χ0) is 14.2. The van der Waals surface area contributed by atoms with Gasteiger partial charge in [-0.05, 0) is 43.9 Å². The summed E-state index contributed by atoms with van der Waals surface area (Å²) in [4.78, 5) is 13.7. The van der Waals surface area contributed by atoms with Crippen molar-refractivity contribution in [2.24, 2.45) is 5.92 Å². The summed E-state index contributed by atoms with van der Waals surface area (Å²) in [6.07, 6.45) is 3.58. The van der Waals surface area contributed by atoms with Gasteiger partial charge in [0.2, 0.25) is 5.91 Å². The molecule has 2 N–H and O–H groups in total. The monoisotopic (exact) mass is 275 g/mol. The third kappa shape index (κ3) is 5.61. The Hall–Kier alpha value is -1.55. The van der Waals surface area contributed by atoms with Crippen molar-refractivity contribution in [2.75, 3.05) is 38.1 Å². The maximum Gasteiger partial charge on any atom is 0.233 e. The molecule has 20 heavy (non-hydrogen) atoms. The summed E-state index contributed by atoms with van der Waals surface area (Å²) in [5, 5.41) is 6.16. The minimum Gasteiger partial charge on any atom is -0.375 e. The van der Waals surface area contributed by atoms with Crippen molar-refractivity contribution >= 4 is 11.6 Å². The van der Waals surface area contributed by atoms with E-state index < -0.39 is 0 Å². The molecule has 4 nitrogen and oxygen atoms in total. The maximum absolute atomic E-state index is 11.5. The first-order chi connectivity index (χ1) is 9.75. The Morgan fingerprint density at radius 2 is 2.05 bits per heavy atom. The Kier molecular flexibility index (Phi) is 5.87. The molecule has 1 aliphatic rings. The van der Waals surface area contributed by atoms with Gasteiger partial charge in [0.05, 0.1) is 6.54 Å². The highest BCUT2D eigenvalue weighted by molar-refractivity contribution is 5.77. The van der Waals surface area contributed by atoms with E-state index in [2.05, 4.69) is 34.7 Å². The topological polar surface area (TPSA) is 44.4 Å². The number of amides is 1. The van der Waals surface area contributed by atoms with Crippen LogP contribution in [0.1, 0.15) is 19.3 Å². The fraction of sp³-hybridized carbons (Fsp3) is 0.562. The minimum absolute atomic E-state index is 0.119. The van der Waals surface area contributed by atoms with Crippen LogP contribution >= 0.6 is 0 Å². The molecular weight excluding hydrogens is 250 g/mol. The Morgan fingerprint density at radius 1 is 1.30 bits per heavy atom. The number of hydrogen-bond acceptors (Lipinski definition) is 3. The predicted octanol–water partition coefficient (Wildman–Crippen LogP) is 1.63. The van der Waals surface area contributed by atoms with Crippen molar-refractivity contribution in [1.82, 2.24) is 10.6 Å². The standard InChI is InChI=1S/C16H25N3O/c1-19(15-6-3-2-4-7-15)11-5-10-17-13-16(20)18-12-14-8-9-14/h2-4,6-7,14,17H,5,8-13H2,1H3,(H,18,20). The predicted molar refractivity (Wildman–Crippen MR) is 82.9 cm³/mol. The van der Waals surface area contributed by atoms with Gasteiger partial charge in [-0.3, -0.25) is 4.79 Å². The van der Waals surface area contributed by atoms with Gasteiger partial charge in [0.1, 0.15) is 0 Å². The SMILES string of the molecule is CN(CCCNCC(=O)NCC1CC1)c1ccccc1. The van der Waals surface area contributed by atoms with Gasteiger partial charge in [0.25, 0.3) is 0 Å². The maximum atomic E-state index is 11.5. The molecule has 0 aliphatic heterocycles. The van der Waals surface area contributed by atoms with Crippen molar-refractivity contribution in [2.45, 2.75) is 19.3 Å². The van der Waals surface area contributed by atoms with Gasteiger partial charge in [-0.15, -0.1) is 0 Å². The zero-order valence-corrected chi connectivity index (χ0v) is 12.3. The van der Waals surface area contributed by atoms with Crippen LogP contribution in [-0.4, -0.2) is 39.1 Å². The van der Waals surface area contributed by atoms with Crippen LogP contribution in [0.2, 0.25) is 0 Å². The molecule has 0 spiro atoms. The number of benzene rings is 1. The van der Waals surface area contributed by atoms with E-state index in [1.54, 1.807) is 0 Å². The quantitative estimate of drug-likeness (QED) is 0.673. The summed E-state index contributed by atoms with van der Waals surface area (Å²) < 4.78 is 0. The lowest BCUT2D eigenvalue weighted by molar-refractivity contribution is -0.120. The van der Waals surface area contributed by atoms with E-state index in [0.717, 1.165) is 32.0 Å². The average molecular weight is 275 g/mol. The fourth-order valence-corrected chi connectivity index (χ4v) is 2.10. The van der Waals surface area contributed by atoms with Crippen molar-refractivity contribution in [3.63, 3.8) is 0 Å². The molecule has 1 aliphatic carbocycles. The summed E-state index contributed by atoms with van der Waals surface area (Å²) in [6.45, 7) is 3.15. The van der Waals surface area contributed by atoms with Crippen molar-refractivity contribution in [3.05, 3.63) is 30.3 Å². The molecule has 1 fully saturated rings. The van der Waals surface area contributed by atoms with Gasteiger partial charge < -0.3 is 15.5 Å². The first-order valence-corrected chi connectivity index (χ1v) is 7.49. The summed E-state index contributed by atoms with van der Waals surface area (Å²) in [7, 11) is 2.09. The highest BCUT2D eigenvalue weighted by atomic mass is 16.1. The van der Waals surface area contributed by atoms with Crippen LogP contribution in [0.15, 0.2) is 30.3 Å². The smallest absolute Gasteiger partial charge is 0.233 e. The molecule has 0 unspecified atom stereocenters. The molecular formula is C16H25N3O. The molecule has 0 radical (unpaired) electrons.